The highest BCUT2D eigenvalue weighted by molar-refractivity contribution is 5.69. The van der Waals surface area contributed by atoms with Crippen LogP contribution >= 0.6 is 0 Å². The lowest BCUT2D eigenvalue weighted by atomic mass is 10.4. The van der Waals surface area contributed by atoms with Crippen LogP contribution in [0.1, 0.15) is 37.5 Å². The number of carbonyl (C=O) groups is 1. The molecule has 2 saturated carbocycles. The Morgan fingerprint density at radius 3 is 2.76 bits per heavy atom. The smallest absolute Gasteiger partial charge is 0.317 e. The van der Waals surface area contributed by atoms with Crippen LogP contribution in [-0.4, -0.2) is 48.8 Å². The zero-order valence-corrected chi connectivity index (χ0v) is 9.49. The van der Waals surface area contributed by atoms with Gasteiger partial charge in [-0.3, -0.25) is 9.69 Å². The third-order valence-electron chi connectivity index (χ3n) is 3.20. The first-order valence-corrected chi connectivity index (χ1v) is 5.96. The molecule has 0 aliphatic heterocycles. The summed E-state index contributed by atoms with van der Waals surface area (Å²) in [5.74, 6) is 0.00277. The van der Waals surface area contributed by atoms with Gasteiger partial charge in [0.1, 0.15) is 0 Å². The predicted octanol–water partition coefficient (Wildman–Crippen LogP) is 0.0570. The number of hydrogen-bond acceptors (Lipinski definition) is 5. The van der Waals surface area contributed by atoms with Crippen molar-refractivity contribution in [2.24, 2.45) is 0 Å². The van der Waals surface area contributed by atoms with Crippen LogP contribution in [0.2, 0.25) is 0 Å². The van der Waals surface area contributed by atoms with Crippen molar-refractivity contribution in [1.82, 2.24) is 25.1 Å². The highest BCUT2D eigenvalue weighted by Crippen LogP contribution is 2.35. The molecule has 17 heavy (non-hydrogen) atoms. The minimum Gasteiger partial charge on any atom is -0.480 e. The van der Waals surface area contributed by atoms with Gasteiger partial charge in [-0.15, -0.1) is 5.10 Å². The van der Waals surface area contributed by atoms with Crippen molar-refractivity contribution in [1.29, 1.82) is 0 Å². The Bertz CT molecular complexity index is 424. The third-order valence-corrected chi connectivity index (χ3v) is 3.20. The molecule has 0 bridgehead atoms. The normalized spacial score (nSPS) is 19.8. The molecule has 2 aliphatic rings. The molecule has 0 atom stereocenters. The lowest BCUT2D eigenvalue weighted by Crippen LogP contribution is -2.32. The lowest BCUT2D eigenvalue weighted by molar-refractivity contribution is -0.138. The molecular weight excluding hydrogens is 222 g/mol. The summed E-state index contributed by atoms with van der Waals surface area (Å²) in [7, 11) is 0. The molecule has 0 amide bonds. The summed E-state index contributed by atoms with van der Waals surface area (Å²) in [6, 6.07) is 0.835. The molecule has 2 aliphatic carbocycles. The largest absolute Gasteiger partial charge is 0.480 e. The van der Waals surface area contributed by atoms with Crippen LogP contribution in [-0.2, 0) is 11.3 Å². The minimum atomic E-state index is -0.789. The molecular formula is C10H15N5O2. The monoisotopic (exact) mass is 237 g/mol. The molecule has 1 aromatic heterocycles. The first-order valence-electron chi connectivity index (χ1n) is 5.96. The molecule has 1 aromatic rings. The van der Waals surface area contributed by atoms with Gasteiger partial charge in [0.15, 0.2) is 5.82 Å². The topological polar surface area (TPSA) is 84.1 Å². The van der Waals surface area contributed by atoms with Crippen LogP contribution in [0.25, 0.3) is 0 Å². The van der Waals surface area contributed by atoms with Crippen molar-refractivity contribution in [3.8, 4) is 0 Å². The molecule has 92 valence electrons. The SMILES string of the molecule is O=C(O)CN(Cc1nnnn1C1CC1)C1CC1. The highest BCUT2D eigenvalue weighted by Gasteiger charge is 2.33. The molecule has 1 heterocycles. The first kappa shape index (κ1) is 10.6. The van der Waals surface area contributed by atoms with E-state index in [0.29, 0.717) is 18.6 Å². The summed E-state index contributed by atoms with van der Waals surface area (Å²) in [4.78, 5) is 12.8. The van der Waals surface area contributed by atoms with E-state index in [-0.39, 0.29) is 6.54 Å². The number of rotatable bonds is 6. The Morgan fingerprint density at radius 2 is 2.18 bits per heavy atom. The first-order chi connectivity index (χ1) is 8.24. The van der Waals surface area contributed by atoms with Crippen LogP contribution in [0.5, 0.6) is 0 Å². The van der Waals surface area contributed by atoms with Crippen molar-refractivity contribution >= 4 is 5.97 Å². The van der Waals surface area contributed by atoms with E-state index in [0.717, 1.165) is 31.5 Å². The van der Waals surface area contributed by atoms with Crippen LogP contribution < -0.4 is 0 Å². The molecule has 7 heteroatoms. The zero-order valence-electron chi connectivity index (χ0n) is 9.49. The fraction of sp³-hybridized carbons (Fsp3) is 0.800. The van der Waals surface area contributed by atoms with E-state index in [1.165, 1.54) is 0 Å². The predicted molar refractivity (Wildman–Crippen MR) is 57.2 cm³/mol. The number of aliphatic carboxylic acids is 1. The van der Waals surface area contributed by atoms with E-state index >= 15 is 0 Å². The fourth-order valence-electron chi connectivity index (χ4n) is 2.03. The van der Waals surface area contributed by atoms with Crippen LogP contribution in [0, 0.1) is 0 Å². The molecule has 0 radical (unpaired) electrons. The Balaban J connectivity index is 1.70. The van der Waals surface area contributed by atoms with Gasteiger partial charge in [-0.25, -0.2) is 4.68 Å². The molecule has 3 rings (SSSR count). The summed E-state index contributed by atoms with van der Waals surface area (Å²) >= 11 is 0. The Labute approximate surface area is 98.4 Å². The zero-order chi connectivity index (χ0) is 11.8. The number of carboxylic acid groups (broad SMARTS) is 1. The number of carboxylic acids is 1. The lowest BCUT2D eigenvalue weighted by Gasteiger charge is -2.18. The van der Waals surface area contributed by atoms with Crippen LogP contribution in [0.3, 0.4) is 0 Å². The van der Waals surface area contributed by atoms with Gasteiger partial charge in [0.25, 0.3) is 0 Å². The molecule has 2 fully saturated rings. The number of hydrogen-bond donors (Lipinski definition) is 1. The summed E-state index contributed by atoms with van der Waals surface area (Å²) in [5, 5.41) is 20.5. The van der Waals surface area contributed by atoms with E-state index in [1.54, 1.807) is 0 Å². The average Bonchev–Trinajstić information content (AvgIpc) is 3.17. The third kappa shape index (κ3) is 2.44. The highest BCUT2D eigenvalue weighted by atomic mass is 16.4. The molecule has 0 saturated heterocycles. The van der Waals surface area contributed by atoms with Gasteiger partial charge in [-0.1, -0.05) is 0 Å². The Morgan fingerprint density at radius 1 is 1.41 bits per heavy atom. The molecule has 1 N–H and O–H groups in total. The van der Waals surface area contributed by atoms with E-state index in [1.807, 2.05) is 9.58 Å². The second kappa shape index (κ2) is 4.06. The second-order valence-corrected chi connectivity index (χ2v) is 4.80. The van der Waals surface area contributed by atoms with E-state index in [9.17, 15) is 4.79 Å². The fourth-order valence-corrected chi connectivity index (χ4v) is 2.03. The van der Waals surface area contributed by atoms with Crippen molar-refractivity contribution < 1.29 is 9.90 Å². The van der Waals surface area contributed by atoms with Gasteiger partial charge in [0.2, 0.25) is 0 Å². The van der Waals surface area contributed by atoms with Gasteiger partial charge in [-0.05, 0) is 36.1 Å². The van der Waals surface area contributed by atoms with Crippen molar-refractivity contribution in [2.75, 3.05) is 6.54 Å². The maximum absolute atomic E-state index is 10.8. The van der Waals surface area contributed by atoms with E-state index in [2.05, 4.69) is 15.5 Å². The van der Waals surface area contributed by atoms with Crippen LogP contribution in [0.15, 0.2) is 0 Å². The average molecular weight is 237 g/mol. The van der Waals surface area contributed by atoms with Crippen molar-refractivity contribution in [3.63, 3.8) is 0 Å². The van der Waals surface area contributed by atoms with Gasteiger partial charge in [0, 0.05) is 6.04 Å². The molecule has 0 spiro atoms. The van der Waals surface area contributed by atoms with Crippen LogP contribution in [0.4, 0.5) is 0 Å². The summed E-state index contributed by atoms with van der Waals surface area (Å²) in [5.41, 5.74) is 0. The molecule has 0 aromatic carbocycles. The Hall–Kier alpha value is -1.50. The van der Waals surface area contributed by atoms with Gasteiger partial charge >= 0.3 is 5.97 Å². The second-order valence-electron chi connectivity index (χ2n) is 4.80. The summed E-state index contributed by atoms with van der Waals surface area (Å²) in [6.07, 6.45) is 4.41. The van der Waals surface area contributed by atoms with Gasteiger partial charge < -0.3 is 5.11 Å². The van der Waals surface area contributed by atoms with E-state index in [4.69, 9.17) is 5.11 Å². The van der Waals surface area contributed by atoms with E-state index < -0.39 is 5.97 Å². The number of tetrazole rings is 1. The standard InChI is InChI=1S/C10H15N5O2/c16-10(17)6-14(7-1-2-7)5-9-11-12-13-15(9)8-3-4-8/h7-8H,1-6H2,(H,16,17). The number of nitrogens with zero attached hydrogens (tertiary/aromatic N) is 5. The maximum Gasteiger partial charge on any atom is 0.317 e. The molecule has 0 unspecified atom stereocenters. The summed E-state index contributed by atoms with van der Waals surface area (Å²) in [6.45, 7) is 0.614. The van der Waals surface area contributed by atoms with Crippen molar-refractivity contribution in [2.45, 2.75) is 44.3 Å². The maximum atomic E-state index is 10.8. The number of aromatic nitrogens is 4. The summed E-state index contributed by atoms with van der Waals surface area (Å²) < 4.78 is 1.84. The molecule has 7 nitrogen and oxygen atoms in total. The quantitative estimate of drug-likeness (QED) is 0.753. The van der Waals surface area contributed by atoms with Gasteiger partial charge in [-0.2, -0.15) is 0 Å². The van der Waals surface area contributed by atoms with Crippen molar-refractivity contribution in [3.05, 3.63) is 5.82 Å². The van der Waals surface area contributed by atoms with Gasteiger partial charge in [0.05, 0.1) is 19.1 Å². The Kier molecular flexibility index (Phi) is 2.54. The minimum absolute atomic E-state index is 0.0716.